The molecule has 9 aromatic carbocycles. The maximum absolute atomic E-state index is 9.11. The fourth-order valence-corrected chi connectivity index (χ4v) is 10.8. The summed E-state index contributed by atoms with van der Waals surface area (Å²) < 4.78 is 26.8. The molecule has 0 saturated carbocycles. The van der Waals surface area contributed by atoms with Crippen LogP contribution in [0, 0.1) is 3.57 Å². The minimum absolute atomic E-state index is 0.0868. The molecular weight excluding hydrogens is 1350 g/mol. The predicted octanol–water partition coefficient (Wildman–Crippen LogP) is 5.60. The van der Waals surface area contributed by atoms with Gasteiger partial charge in [-0.3, -0.25) is 0 Å². The van der Waals surface area contributed by atoms with Gasteiger partial charge in [-0.15, -0.1) is 11.3 Å². The lowest BCUT2D eigenvalue weighted by Gasteiger charge is -2.18. The Morgan fingerprint density at radius 1 is 0.413 bits per heavy atom. The first-order chi connectivity index (χ1) is 44.2. The first kappa shape index (κ1) is 75.2. The van der Waals surface area contributed by atoms with Crippen LogP contribution in [0.1, 0.15) is 16.7 Å². The normalized spacial score (nSPS) is 10.6. The van der Waals surface area contributed by atoms with Gasteiger partial charge in [-0.05, 0) is 160 Å². The number of hydrogen-bond donors (Lipinski definition) is 8. The summed E-state index contributed by atoms with van der Waals surface area (Å²) in [6.07, 6.45) is 0. The number of hydrogen-bond acceptors (Lipinski definition) is 15. The average molecular weight is 1430 g/mol. The van der Waals surface area contributed by atoms with Crippen molar-refractivity contribution in [2.24, 2.45) is 0 Å². The second kappa shape index (κ2) is 40.5. The summed E-state index contributed by atoms with van der Waals surface area (Å²) in [5, 5.41) is 73.0. The summed E-state index contributed by atoms with van der Waals surface area (Å²) in [5.74, 6) is 0.715. The number of benzene rings is 9. The van der Waals surface area contributed by atoms with E-state index in [4.69, 9.17) is 93.8 Å². The van der Waals surface area contributed by atoms with Crippen LogP contribution in [0.15, 0.2) is 231 Å². The van der Waals surface area contributed by atoms with Gasteiger partial charge >= 0.3 is 42.3 Å². The van der Waals surface area contributed by atoms with Crippen molar-refractivity contribution >= 4 is 164 Å². The van der Waals surface area contributed by atoms with Crippen LogP contribution in [0.3, 0.4) is 0 Å². The molecule has 10 aromatic rings. The van der Waals surface area contributed by atoms with Gasteiger partial charge in [0.25, 0.3) is 0 Å². The topological polar surface area (TPSA) is 205 Å². The molecule has 0 spiro atoms. The number of ether oxygens (including phenoxy) is 2. The molecule has 0 radical (unpaired) electrons. The van der Waals surface area contributed by atoms with E-state index >= 15 is 0 Å². The highest BCUT2D eigenvalue weighted by atomic mass is 127. The van der Waals surface area contributed by atoms with Gasteiger partial charge in [-0.2, -0.15) is 0 Å². The predicted molar refractivity (Wildman–Crippen MR) is 392 cm³/mol. The summed E-state index contributed by atoms with van der Waals surface area (Å²) in [6, 6.07) is 73.5. The van der Waals surface area contributed by atoms with E-state index in [0.29, 0.717) is 75.0 Å². The van der Waals surface area contributed by atoms with Gasteiger partial charge in [0.2, 0.25) is 0 Å². The van der Waals surface area contributed by atoms with Crippen LogP contribution in [0.4, 0.5) is 0 Å². The summed E-state index contributed by atoms with van der Waals surface area (Å²) in [5.41, 5.74) is 9.24. The molecule has 0 aliphatic rings. The van der Waals surface area contributed by atoms with Crippen LogP contribution in [0.5, 0.6) is 5.75 Å². The molecular formula is C67H72B6Cl3IN2O12S. The Balaban J connectivity index is 0.000000213. The molecule has 0 saturated heterocycles. The largest absolute Gasteiger partial charge is 0.499 e. The standard InChI is InChI=1S/C34H42B2N2O3.C13H12BIO3.C8H7BO2S.C6H5BCl2O2.C6H6BClO2/c1-37(2)23-25-40-35(31-11-7-5-8-12-31)33-19-15-29(16-20-33)27-39-28-30-17-21-34(22-18-30)36(41-26-24-38(3)4)32-13-9-6-10-14-32;15-13-8-11(6-7-12(13)14(16)17)18-9-10-4-2-1-3-5-10;10-9(11)8-5-6-3-1-2-4-7(6)12-8;8-5-2-1-4(7(10)11)3-6(5)9;8-6-3-1-2-5(4-6)7(9)10/h5-22H,23-28H2,1-4H3;1-8,16-17H,9H2;1-5,10-11H;1-3,10-11H;1-4,9-10H. The summed E-state index contributed by atoms with van der Waals surface area (Å²) in [7, 11) is 2.54. The van der Waals surface area contributed by atoms with Crippen LogP contribution in [0.2, 0.25) is 15.1 Å². The van der Waals surface area contributed by atoms with E-state index in [1.165, 1.54) is 35.6 Å². The second-order valence-corrected chi connectivity index (χ2v) is 24.8. The summed E-state index contributed by atoms with van der Waals surface area (Å²) in [6.45, 7) is 4.54. The van der Waals surface area contributed by atoms with Crippen molar-refractivity contribution in [3.05, 3.63) is 266 Å². The maximum Gasteiger partial charge on any atom is 0.499 e. The van der Waals surface area contributed by atoms with Crippen molar-refractivity contribution in [1.82, 2.24) is 9.80 Å². The van der Waals surface area contributed by atoms with Crippen LogP contribution in [0.25, 0.3) is 10.1 Å². The highest BCUT2D eigenvalue weighted by Gasteiger charge is 2.23. The minimum Gasteiger partial charge on any atom is -0.489 e. The van der Waals surface area contributed by atoms with Crippen LogP contribution in [-0.4, -0.2) is 147 Å². The molecule has 0 fully saturated rings. The highest BCUT2D eigenvalue weighted by Crippen LogP contribution is 2.20. The summed E-state index contributed by atoms with van der Waals surface area (Å²) >= 11 is 20.2. The van der Waals surface area contributed by atoms with Gasteiger partial charge < -0.3 is 68.8 Å². The molecule has 10 rings (SSSR count). The Hall–Kier alpha value is -5.79. The lowest BCUT2D eigenvalue weighted by Crippen LogP contribution is -2.46. The molecule has 25 heteroatoms. The number of nitrogens with zero attached hydrogens (tertiary/aromatic N) is 2. The van der Waals surface area contributed by atoms with Gasteiger partial charge in [0.1, 0.15) is 12.4 Å². The third-order valence-electron chi connectivity index (χ3n) is 13.5. The molecule has 0 aliphatic carbocycles. The van der Waals surface area contributed by atoms with E-state index in [2.05, 4.69) is 158 Å². The van der Waals surface area contributed by atoms with Crippen LogP contribution >= 0.6 is 68.7 Å². The maximum atomic E-state index is 9.11. The van der Waals surface area contributed by atoms with E-state index in [1.54, 1.807) is 42.5 Å². The van der Waals surface area contributed by atoms with Crippen LogP contribution < -0.4 is 47.8 Å². The molecule has 474 valence electrons. The fourth-order valence-electron chi connectivity index (χ4n) is 8.61. The van der Waals surface area contributed by atoms with Crippen molar-refractivity contribution in [3.8, 4) is 5.75 Å². The Morgan fingerprint density at radius 2 is 0.870 bits per heavy atom. The monoisotopic (exact) mass is 1430 g/mol. The number of thiophene rings is 1. The van der Waals surface area contributed by atoms with Crippen molar-refractivity contribution < 1.29 is 59.0 Å². The zero-order chi connectivity index (χ0) is 66.4. The van der Waals surface area contributed by atoms with E-state index in [1.807, 2.05) is 66.7 Å². The Labute approximate surface area is 574 Å². The van der Waals surface area contributed by atoms with E-state index < -0.39 is 28.5 Å². The van der Waals surface area contributed by atoms with Gasteiger partial charge in [-0.1, -0.05) is 217 Å². The Morgan fingerprint density at radius 3 is 1.32 bits per heavy atom. The molecule has 0 aliphatic heterocycles. The van der Waals surface area contributed by atoms with Gasteiger partial charge in [-0.25, -0.2) is 0 Å². The number of halogens is 4. The fraction of sp³-hybridized carbons (Fsp3) is 0.164. The SMILES string of the molecule is CN(C)CCOB(c1ccccc1)c1ccc(COCc2ccc(B(OCCN(C)C)c3ccccc3)cc2)cc1.OB(O)c1cc2ccccc2s1.OB(O)c1ccc(Cl)c(Cl)c1.OB(O)c1ccc(OCc2ccccc2)cc1I.OB(O)c1cccc(Cl)c1. The lowest BCUT2D eigenvalue weighted by atomic mass is 9.55. The van der Waals surface area contributed by atoms with Gasteiger partial charge in [0, 0.05) is 44.4 Å². The van der Waals surface area contributed by atoms with E-state index in [0.717, 1.165) is 65.3 Å². The molecule has 1 aromatic heterocycles. The molecule has 0 amide bonds. The van der Waals surface area contributed by atoms with Crippen molar-refractivity contribution in [1.29, 1.82) is 0 Å². The lowest BCUT2D eigenvalue weighted by molar-refractivity contribution is 0.107. The zero-order valence-electron chi connectivity index (χ0n) is 51.4. The number of likely N-dealkylation sites (N-methyl/N-ethyl adjacent to an activating group) is 2. The van der Waals surface area contributed by atoms with Crippen molar-refractivity contribution in [2.75, 3.05) is 54.5 Å². The number of rotatable bonds is 23. The van der Waals surface area contributed by atoms with Crippen molar-refractivity contribution in [3.63, 3.8) is 0 Å². The first-order valence-electron chi connectivity index (χ1n) is 29.2. The van der Waals surface area contributed by atoms with E-state index in [-0.39, 0.29) is 13.8 Å². The Bertz CT molecular complexity index is 3580. The zero-order valence-corrected chi connectivity index (χ0v) is 56.6. The molecule has 8 N–H and O–H groups in total. The smallest absolute Gasteiger partial charge is 0.489 e. The average Bonchev–Trinajstić information content (AvgIpc) is 3.00. The third-order valence-corrected chi connectivity index (χ3v) is 16.6. The second-order valence-electron chi connectivity index (χ2n) is 21.3. The molecule has 92 heavy (non-hydrogen) atoms. The minimum atomic E-state index is -1.50. The molecule has 14 nitrogen and oxygen atoms in total. The number of fused-ring (bicyclic) bond motifs is 1. The molecule has 0 bridgehead atoms. The quantitative estimate of drug-likeness (QED) is 0.0291. The Kier molecular flexibility index (Phi) is 33.1. The molecule has 0 unspecified atom stereocenters. The van der Waals surface area contributed by atoms with Crippen molar-refractivity contribution in [2.45, 2.75) is 19.8 Å². The first-order valence-corrected chi connectivity index (χ1v) is 32.2. The highest BCUT2D eigenvalue weighted by molar-refractivity contribution is 14.1. The molecule has 1 heterocycles. The van der Waals surface area contributed by atoms with E-state index in [9.17, 15) is 0 Å². The van der Waals surface area contributed by atoms with Gasteiger partial charge in [0.15, 0.2) is 0 Å². The molecule has 0 atom stereocenters. The third kappa shape index (κ3) is 26.5. The summed E-state index contributed by atoms with van der Waals surface area (Å²) in [4.78, 5) is 4.27. The van der Waals surface area contributed by atoms with Crippen LogP contribution in [-0.2, 0) is 33.9 Å². The van der Waals surface area contributed by atoms with Gasteiger partial charge in [0.05, 0.1) is 23.3 Å².